The van der Waals surface area contributed by atoms with Crippen LogP contribution in [0, 0.1) is 24.0 Å². The van der Waals surface area contributed by atoms with Crippen LogP contribution >= 0.6 is 0 Å². The maximum atomic E-state index is 11.6. The lowest BCUT2D eigenvalue weighted by molar-refractivity contribution is -0.384. The number of aryl methyl sites for hydroxylation is 2. The normalized spacial score (nSPS) is 10.7. The highest BCUT2D eigenvalue weighted by Gasteiger charge is 2.21. The molecule has 0 atom stereocenters. The summed E-state index contributed by atoms with van der Waals surface area (Å²) < 4.78 is 0. The molecule has 6 heteroatoms. The fourth-order valence-corrected chi connectivity index (χ4v) is 4.65. The molecule has 3 rings (SSSR count). The zero-order chi connectivity index (χ0) is 31.1. The Morgan fingerprint density at radius 2 is 1.66 bits per heavy atom. The molecular formula is C35H50N4O2. The van der Waals surface area contributed by atoms with Crippen molar-refractivity contribution < 1.29 is 4.92 Å². The minimum atomic E-state index is -0.359. The van der Waals surface area contributed by atoms with Crippen molar-refractivity contribution in [3.05, 3.63) is 105 Å². The van der Waals surface area contributed by atoms with Crippen molar-refractivity contribution >= 4 is 23.0 Å². The van der Waals surface area contributed by atoms with Crippen LogP contribution in [0.2, 0.25) is 0 Å². The largest absolute Gasteiger partial charge is 0.384 e. The lowest BCUT2D eigenvalue weighted by Gasteiger charge is -2.19. The Morgan fingerprint density at radius 1 is 1.02 bits per heavy atom. The van der Waals surface area contributed by atoms with Crippen LogP contribution < -0.4 is 5.32 Å². The van der Waals surface area contributed by atoms with Crippen molar-refractivity contribution in [2.45, 2.75) is 62.3 Å². The summed E-state index contributed by atoms with van der Waals surface area (Å²) in [6, 6.07) is 15.0. The van der Waals surface area contributed by atoms with Crippen molar-refractivity contribution in [2.75, 3.05) is 26.2 Å². The standard InChI is InChI=1S/C31H38N4O2.2C2H6/c1-8-34(9-2)18-17-32-23(6)30-24(7)33-29(31(30)25-14-12-15-26(19-25)35(36)37)20-28(21(3)4)27-16-11-10-13-22(27)5;2*1-2/h10-16,19-20,32-33H,3,6,8-9,17-18H2,1-2,4-5,7H3;2*1-2H3/b28-20+;;. The van der Waals surface area contributed by atoms with Crippen molar-refractivity contribution in [3.8, 4) is 11.1 Å². The first-order valence-corrected chi connectivity index (χ1v) is 14.7. The maximum Gasteiger partial charge on any atom is 0.270 e. The molecule has 1 heterocycles. The lowest BCUT2D eigenvalue weighted by atomic mass is 9.92. The monoisotopic (exact) mass is 558 g/mol. The minimum absolute atomic E-state index is 0.0522. The minimum Gasteiger partial charge on any atom is -0.384 e. The number of hydrogen-bond donors (Lipinski definition) is 2. The van der Waals surface area contributed by atoms with Crippen LogP contribution in [0.4, 0.5) is 5.69 Å². The molecule has 0 aliphatic carbocycles. The number of aromatic nitrogens is 1. The van der Waals surface area contributed by atoms with Crippen molar-refractivity contribution in [2.24, 2.45) is 0 Å². The molecule has 0 aliphatic heterocycles. The summed E-state index contributed by atoms with van der Waals surface area (Å²) in [6.45, 7) is 30.6. The van der Waals surface area contributed by atoms with Crippen LogP contribution in [0.5, 0.6) is 0 Å². The predicted molar refractivity (Wildman–Crippen MR) is 179 cm³/mol. The van der Waals surface area contributed by atoms with E-state index in [9.17, 15) is 10.1 Å². The van der Waals surface area contributed by atoms with Gasteiger partial charge in [0, 0.05) is 53.4 Å². The number of allylic oxidation sites excluding steroid dienone is 2. The maximum absolute atomic E-state index is 11.6. The average Bonchev–Trinajstić information content (AvgIpc) is 3.32. The average molecular weight is 559 g/mol. The van der Waals surface area contributed by atoms with Gasteiger partial charge in [0.1, 0.15) is 0 Å². The van der Waals surface area contributed by atoms with Crippen molar-refractivity contribution in [1.29, 1.82) is 0 Å². The summed E-state index contributed by atoms with van der Waals surface area (Å²) in [5, 5.41) is 15.1. The number of nitrogens with zero attached hydrogens (tertiary/aromatic N) is 2. The van der Waals surface area contributed by atoms with Gasteiger partial charge in [-0.05, 0) is 62.2 Å². The van der Waals surface area contributed by atoms with E-state index in [1.807, 2.05) is 59.7 Å². The van der Waals surface area contributed by atoms with Crippen molar-refractivity contribution in [1.82, 2.24) is 15.2 Å². The summed E-state index contributed by atoms with van der Waals surface area (Å²) >= 11 is 0. The Bertz CT molecular complexity index is 1330. The lowest BCUT2D eigenvalue weighted by Crippen LogP contribution is -2.31. The molecule has 0 aliphatic rings. The van der Waals surface area contributed by atoms with Crippen LogP contribution in [0.3, 0.4) is 0 Å². The fourth-order valence-electron chi connectivity index (χ4n) is 4.65. The molecule has 0 saturated carbocycles. The number of hydrogen-bond acceptors (Lipinski definition) is 4. The van der Waals surface area contributed by atoms with Gasteiger partial charge in [-0.25, -0.2) is 0 Å². The first kappa shape index (κ1) is 35.1. The third kappa shape index (κ3) is 9.32. The summed E-state index contributed by atoms with van der Waals surface area (Å²) in [6.07, 6.45) is 2.10. The molecule has 1 aromatic heterocycles. The van der Waals surface area contributed by atoms with E-state index in [1.54, 1.807) is 12.1 Å². The van der Waals surface area contributed by atoms with Gasteiger partial charge in [-0.1, -0.05) is 96.7 Å². The summed E-state index contributed by atoms with van der Waals surface area (Å²) in [4.78, 5) is 17.1. The molecule has 0 radical (unpaired) electrons. The highest BCUT2D eigenvalue weighted by atomic mass is 16.6. The number of nitro groups is 1. The third-order valence-corrected chi connectivity index (χ3v) is 6.71. The molecule has 0 fully saturated rings. The number of aromatic amines is 1. The van der Waals surface area contributed by atoms with E-state index in [0.29, 0.717) is 0 Å². The van der Waals surface area contributed by atoms with Gasteiger partial charge in [-0.15, -0.1) is 0 Å². The molecule has 0 unspecified atom stereocenters. The van der Waals surface area contributed by atoms with Gasteiger partial charge in [-0.2, -0.15) is 0 Å². The van der Waals surface area contributed by atoms with E-state index >= 15 is 0 Å². The Morgan fingerprint density at radius 3 is 2.22 bits per heavy atom. The van der Waals surface area contributed by atoms with Crippen LogP contribution in [-0.4, -0.2) is 41.0 Å². The molecule has 3 aromatic rings. The molecule has 0 bridgehead atoms. The van der Waals surface area contributed by atoms with Gasteiger partial charge in [-0.3, -0.25) is 10.1 Å². The quantitative estimate of drug-likeness (QED) is 0.132. The van der Waals surface area contributed by atoms with E-state index in [2.05, 4.69) is 67.3 Å². The third-order valence-electron chi connectivity index (χ3n) is 6.71. The number of H-pyrrole nitrogens is 1. The van der Waals surface area contributed by atoms with Gasteiger partial charge < -0.3 is 15.2 Å². The van der Waals surface area contributed by atoms with Gasteiger partial charge in [0.2, 0.25) is 0 Å². The molecule has 0 spiro atoms. The van der Waals surface area contributed by atoms with E-state index in [0.717, 1.165) is 82.2 Å². The first-order valence-electron chi connectivity index (χ1n) is 14.7. The second-order valence-electron chi connectivity index (χ2n) is 9.31. The SMILES string of the molecule is C=C(C)/C(=C\c1[nH]c(C)c(C(=C)NCCN(CC)CC)c1-c1cccc([N+](=O)[O-])c1)c1ccccc1C.CC.CC. The van der Waals surface area contributed by atoms with Gasteiger partial charge >= 0.3 is 0 Å². The second-order valence-corrected chi connectivity index (χ2v) is 9.31. The molecule has 6 nitrogen and oxygen atoms in total. The number of nitro benzene ring substituents is 1. The van der Waals surface area contributed by atoms with Crippen LogP contribution in [-0.2, 0) is 0 Å². The molecule has 2 N–H and O–H groups in total. The number of rotatable bonds is 12. The zero-order valence-electron chi connectivity index (χ0n) is 26.6. The first-order chi connectivity index (χ1) is 19.7. The molecular weight excluding hydrogens is 508 g/mol. The Kier molecular flexibility index (Phi) is 15.2. The Labute approximate surface area is 248 Å². The van der Waals surface area contributed by atoms with Crippen LogP contribution in [0.15, 0.2) is 67.3 Å². The summed E-state index contributed by atoms with van der Waals surface area (Å²) in [7, 11) is 0. The topological polar surface area (TPSA) is 74.2 Å². The van der Waals surface area contributed by atoms with Gasteiger partial charge in [0.05, 0.1) is 4.92 Å². The van der Waals surface area contributed by atoms with Crippen LogP contribution in [0.1, 0.15) is 76.5 Å². The molecule has 2 aromatic carbocycles. The number of nitrogens with one attached hydrogen (secondary N) is 2. The zero-order valence-corrected chi connectivity index (χ0v) is 26.6. The number of non-ortho nitro benzene ring substituents is 1. The molecule has 0 saturated heterocycles. The molecule has 222 valence electrons. The second kappa shape index (κ2) is 17.7. The van der Waals surface area contributed by atoms with Gasteiger partial charge in [0.25, 0.3) is 5.69 Å². The summed E-state index contributed by atoms with van der Waals surface area (Å²) in [5.74, 6) is 0. The van der Waals surface area contributed by atoms with Crippen molar-refractivity contribution in [3.63, 3.8) is 0 Å². The Hall–Kier alpha value is -3.90. The number of benzene rings is 2. The van der Waals surface area contributed by atoms with E-state index in [4.69, 9.17) is 0 Å². The number of likely N-dealkylation sites (N-methyl/N-ethyl adjacent to an activating group) is 1. The van der Waals surface area contributed by atoms with E-state index in [1.165, 1.54) is 6.07 Å². The highest BCUT2D eigenvalue weighted by molar-refractivity contribution is 5.96. The van der Waals surface area contributed by atoms with Crippen LogP contribution in [0.25, 0.3) is 28.5 Å². The van der Waals surface area contributed by atoms with E-state index < -0.39 is 0 Å². The fraction of sp³-hybridized carbons (Fsp3) is 0.371. The summed E-state index contributed by atoms with van der Waals surface area (Å²) in [5.41, 5.74) is 9.42. The van der Waals surface area contributed by atoms with Gasteiger partial charge in [0.15, 0.2) is 0 Å². The molecule has 41 heavy (non-hydrogen) atoms. The predicted octanol–water partition coefficient (Wildman–Crippen LogP) is 9.28. The smallest absolute Gasteiger partial charge is 0.270 e. The van der Waals surface area contributed by atoms with E-state index in [-0.39, 0.29) is 10.6 Å². The Balaban J connectivity index is 0.00000201. The highest BCUT2D eigenvalue weighted by Crippen LogP contribution is 2.38. The molecule has 0 amide bonds.